The fourth-order valence-electron chi connectivity index (χ4n) is 3.00. The number of aromatic amines is 1. The summed E-state index contributed by atoms with van der Waals surface area (Å²) in [5.41, 5.74) is 3.19. The smallest absolute Gasteiger partial charge is 0.274 e. The van der Waals surface area contributed by atoms with E-state index in [1.54, 1.807) is 12.3 Å². The predicted molar refractivity (Wildman–Crippen MR) is 128 cm³/mol. The number of rotatable bonds is 12. The number of nitrogens with zero attached hydrogens (tertiary/aromatic N) is 3. The Hall–Kier alpha value is -2.41. The van der Waals surface area contributed by atoms with Gasteiger partial charge in [0, 0.05) is 5.41 Å². The number of anilines is 1. The zero-order chi connectivity index (χ0) is 22.7. The van der Waals surface area contributed by atoms with Crippen molar-refractivity contribution < 1.29 is 4.74 Å². The summed E-state index contributed by atoms with van der Waals surface area (Å²) < 4.78 is 5.79. The maximum atomic E-state index is 12.1. The summed E-state index contributed by atoms with van der Waals surface area (Å²) in [7, 11) is 0. The van der Waals surface area contributed by atoms with Gasteiger partial charge in [-0.3, -0.25) is 9.78 Å². The summed E-state index contributed by atoms with van der Waals surface area (Å²) >= 11 is 6.33. The molecule has 0 unspecified atom stereocenters. The number of hydrazone groups is 1. The summed E-state index contributed by atoms with van der Waals surface area (Å²) in [5.74, 6) is 0.848. The van der Waals surface area contributed by atoms with Gasteiger partial charge in [-0.2, -0.15) is 5.10 Å². The molecule has 0 aliphatic carbocycles. The minimum atomic E-state index is -0.377. The molecule has 2 aromatic rings. The third-order valence-corrected chi connectivity index (χ3v) is 5.05. The van der Waals surface area contributed by atoms with Crippen LogP contribution in [-0.4, -0.2) is 28.0 Å². The van der Waals surface area contributed by atoms with Crippen LogP contribution in [0.5, 0.6) is 5.75 Å². The van der Waals surface area contributed by atoms with E-state index in [0.717, 1.165) is 12.0 Å². The van der Waals surface area contributed by atoms with Crippen molar-refractivity contribution in [2.24, 2.45) is 5.10 Å². The topological polar surface area (TPSA) is 92.3 Å². The fraction of sp³-hybridized carbons (Fsp3) is 0.565. The van der Waals surface area contributed by atoms with Crippen LogP contribution >= 0.6 is 11.6 Å². The molecule has 0 fully saturated rings. The van der Waals surface area contributed by atoms with Crippen LogP contribution in [-0.2, 0) is 5.41 Å². The van der Waals surface area contributed by atoms with Gasteiger partial charge in [0.05, 0.1) is 17.8 Å². The van der Waals surface area contributed by atoms with E-state index in [-0.39, 0.29) is 16.9 Å². The van der Waals surface area contributed by atoms with Gasteiger partial charge in [-0.05, 0) is 30.2 Å². The van der Waals surface area contributed by atoms with Crippen molar-refractivity contribution in [2.75, 3.05) is 12.0 Å². The molecule has 1 aromatic carbocycles. The van der Waals surface area contributed by atoms with Crippen LogP contribution in [0.2, 0.25) is 5.02 Å². The van der Waals surface area contributed by atoms with E-state index in [9.17, 15) is 4.79 Å². The van der Waals surface area contributed by atoms with Crippen molar-refractivity contribution >= 4 is 23.8 Å². The number of ether oxygens (including phenoxy) is 1. The quantitative estimate of drug-likeness (QED) is 0.247. The van der Waals surface area contributed by atoms with E-state index in [0.29, 0.717) is 23.1 Å². The van der Waals surface area contributed by atoms with E-state index < -0.39 is 0 Å². The van der Waals surface area contributed by atoms with Crippen LogP contribution in [0.25, 0.3) is 0 Å². The molecule has 0 aliphatic heterocycles. The largest absolute Gasteiger partial charge is 0.492 e. The van der Waals surface area contributed by atoms with E-state index in [2.05, 4.69) is 32.6 Å². The molecule has 8 heteroatoms. The second-order valence-corrected chi connectivity index (χ2v) is 9.04. The van der Waals surface area contributed by atoms with Crippen molar-refractivity contribution in [3.8, 4) is 5.75 Å². The molecular weight excluding hydrogens is 414 g/mol. The Morgan fingerprint density at radius 3 is 2.48 bits per heavy atom. The van der Waals surface area contributed by atoms with E-state index >= 15 is 0 Å². The molecule has 170 valence electrons. The Labute approximate surface area is 189 Å². The first-order chi connectivity index (χ1) is 14.8. The molecule has 1 heterocycles. The number of hydrogen-bond donors (Lipinski definition) is 2. The zero-order valence-corrected chi connectivity index (χ0v) is 19.8. The summed E-state index contributed by atoms with van der Waals surface area (Å²) in [6.07, 6.45) is 10.3. The second-order valence-electron chi connectivity index (χ2n) is 8.63. The summed E-state index contributed by atoms with van der Waals surface area (Å²) in [6.45, 7) is 8.61. The monoisotopic (exact) mass is 447 g/mol. The number of unbranched alkanes of at least 4 members (excludes halogenated alkanes) is 6. The first-order valence-corrected chi connectivity index (χ1v) is 11.4. The highest BCUT2D eigenvalue weighted by Crippen LogP contribution is 2.25. The first kappa shape index (κ1) is 24.9. The van der Waals surface area contributed by atoms with Gasteiger partial charge in [0.2, 0.25) is 5.95 Å². The van der Waals surface area contributed by atoms with E-state index in [1.165, 1.54) is 38.5 Å². The molecule has 1 aromatic heterocycles. The van der Waals surface area contributed by atoms with Crippen molar-refractivity contribution in [3.63, 3.8) is 0 Å². The Kier molecular flexibility index (Phi) is 9.98. The predicted octanol–water partition coefficient (Wildman–Crippen LogP) is 5.69. The van der Waals surface area contributed by atoms with Gasteiger partial charge in [0.1, 0.15) is 11.4 Å². The van der Waals surface area contributed by atoms with Gasteiger partial charge in [0.15, 0.2) is 0 Å². The van der Waals surface area contributed by atoms with Crippen LogP contribution in [0.4, 0.5) is 5.95 Å². The molecule has 0 aliphatic rings. The van der Waals surface area contributed by atoms with Gasteiger partial charge >= 0.3 is 0 Å². The number of aromatic nitrogens is 3. The lowest BCUT2D eigenvalue weighted by molar-refractivity contribution is 0.304. The van der Waals surface area contributed by atoms with Crippen molar-refractivity contribution in [1.29, 1.82) is 0 Å². The molecule has 0 amide bonds. The Balaban J connectivity index is 1.80. The van der Waals surface area contributed by atoms with Crippen LogP contribution in [0.3, 0.4) is 0 Å². The first-order valence-electron chi connectivity index (χ1n) is 11.0. The highest BCUT2D eigenvalue weighted by atomic mass is 35.5. The molecular formula is C23H34ClN5O2. The maximum absolute atomic E-state index is 12.1. The standard InChI is InChI=1S/C23H34ClN5O2/c1-5-6-7-8-9-10-11-14-31-19-13-12-17(15-18(19)24)16-25-28-22-26-21(30)20(27-29-22)23(2,3)4/h12-13,15-16H,5-11,14H2,1-4H3,(H2,26,28,29,30)/b25-16+. The molecule has 0 saturated carbocycles. The van der Waals surface area contributed by atoms with Gasteiger partial charge in [0.25, 0.3) is 5.56 Å². The number of nitrogens with one attached hydrogen (secondary N) is 2. The molecule has 0 radical (unpaired) electrons. The van der Waals surface area contributed by atoms with Crippen molar-refractivity contribution in [3.05, 3.63) is 44.8 Å². The highest BCUT2D eigenvalue weighted by molar-refractivity contribution is 6.32. The fourth-order valence-corrected chi connectivity index (χ4v) is 3.25. The van der Waals surface area contributed by atoms with Crippen molar-refractivity contribution in [2.45, 2.75) is 78.1 Å². The highest BCUT2D eigenvalue weighted by Gasteiger charge is 2.20. The Morgan fingerprint density at radius 1 is 1.13 bits per heavy atom. The molecule has 0 spiro atoms. The Bertz CT molecular complexity index is 906. The average molecular weight is 448 g/mol. The summed E-state index contributed by atoms with van der Waals surface area (Å²) in [5, 5.41) is 12.6. The molecule has 0 saturated heterocycles. The zero-order valence-electron chi connectivity index (χ0n) is 19.0. The van der Waals surface area contributed by atoms with Gasteiger partial charge < -0.3 is 4.74 Å². The van der Waals surface area contributed by atoms with Gasteiger partial charge in [-0.25, -0.2) is 5.43 Å². The Morgan fingerprint density at radius 2 is 1.84 bits per heavy atom. The lowest BCUT2D eigenvalue weighted by Gasteiger charge is -2.15. The van der Waals surface area contributed by atoms with Crippen LogP contribution in [0.1, 0.15) is 83.9 Å². The number of halogens is 1. The average Bonchev–Trinajstić information content (AvgIpc) is 2.70. The normalized spacial score (nSPS) is 11.8. The molecule has 2 rings (SSSR count). The summed E-state index contributed by atoms with van der Waals surface area (Å²) in [4.78, 5) is 14.7. The summed E-state index contributed by atoms with van der Waals surface area (Å²) in [6, 6.07) is 5.49. The molecule has 7 nitrogen and oxygen atoms in total. The molecule has 31 heavy (non-hydrogen) atoms. The van der Waals surface area contributed by atoms with E-state index in [4.69, 9.17) is 16.3 Å². The van der Waals surface area contributed by atoms with Crippen molar-refractivity contribution in [1.82, 2.24) is 15.2 Å². The molecule has 2 N–H and O–H groups in total. The van der Waals surface area contributed by atoms with Crippen LogP contribution in [0, 0.1) is 0 Å². The third-order valence-electron chi connectivity index (χ3n) is 4.75. The maximum Gasteiger partial charge on any atom is 0.274 e. The molecule has 0 bridgehead atoms. The van der Waals surface area contributed by atoms with Gasteiger partial charge in [-0.1, -0.05) is 77.8 Å². The number of benzene rings is 1. The van der Waals surface area contributed by atoms with E-state index in [1.807, 2.05) is 32.9 Å². The lowest BCUT2D eigenvalue weighted by Crippen LogP contribution is -2.28. The number of H-pyrrole nitrogens is 1. The van der Waals surface area contributed by atoms with Gasteiger partial charge in [-0.15, -0.1) is 10.2 Å². The third kappa shape index (κ3) is 8.69. The number of hydrogen-bond acceptors (Lipinski definition) is 6. The second kappa shape index (κ2) is 12.4. The minimum Gasteiger partial charge on any atom is -0.492 e. The molecule has 0 atom stereocenters. The minimum absolute atomic E-state index is 0.176. The lowest BCUT2D eigenvalue weighted by atomic mass is 9.93. The van der Waals surface area contributed by atoms with Crippen LogP contribution < -0.4 is 15.7 Å². The SMILES string of the molecule is CCCCCCCCCOc1ccc(/C=N/Nc2nnc(C(C)(C)C)c(=O)[nH]2)cc1Cl. The van der Waals surface area contributed by atoms with Crippen LogP contribution in [0.15, 0.2) is 28.1 Å².